The van der Waals surface area contributed by atoms with E-state index < -0.39 is 10.7 Å². The molecule has 0 aliphatic rings. The number of carbonyl (C=O) groups excluding carboxylic acids is 2. The summed E-state index contributed by atoms with van der Waals surface area (Å²) in [4.78, 5) is 22.9. The molecule has 3 nitrogen and oxygen atoms in total. The van der Waals surface area contributed by atoms with Crippen molar-refractivity contribution in [2.45, 2.75) is 4.83 Å². The van der Waals surface area contributed by atoms with Crippen molar-refractivity contribution in [3.05, 3.63) is 71.3 Å². The van der Waals surface area contributed by atoms with Crippen LogP contribution in [0, 0.1) is 0 Å². The predicted octanol–water partition coefficient (Wildman–Crippen LogP) is 3.10. The fourth-order valence-electron chi connectivity index (χ4n) is 1.75. The highest BCUT2D eigenvalue weighted by Crippen LogP contribution is 2.27. The molecular formula is C15H12BrNO2. The molecule has 19 heavy (non-hydrogen) atoms. The second kappa shape index (κ2) is 5.80. The molecule has 2 aromatic rings. The molecule has 2 aromatic carbocycles. The Morgan fingerprint density at radius 1 is 0.947 bits per heavy atom. The molecule has 4 heteroatoms. The molecule has 0 bridgehead atoms. The van der Waals surface area contributed by atoms with Crippen LogP contribution in [0.1, 0.15) is 31.1 Å². The third kappa shape index (κ3) is 3.09. The Kier molecular flexibility index (Phi) is 4.12. The van der Waals surface area contributed by atoms with E-state index in [2.05, 4.69) is 15.9 Å². The lowest BCUT2D eigenvalue weighted by Gasteiger charge is -2.10. The van der Waals surface area contributed by atoms with Gasteiger partial charge in [0.2, 0.25) is 5.91 Å². The van der Waals surface area contributed by atoms with E-state index in [4.69, 9.17) is 5.73 Å². The highest BCUT2D eigenvalue weighted by molar-refractivity contribution is 9.09. The van der Waals surface area contributed by atoms with Gasteiger partial charge in [0.05, 0.1) is 0 Å². The van der Waals surface area contributed by atoms with Crippen molar-refractivity contribution < 1.29 is 9.59 Å². The standard InChI is InChI=1S/C15H12BrNO2/c16-13(14(18)10-5-2-1-3-6-10)11-7-4-8-12(9-11)15(17)19/h1-9,13H,(H2,17,19). The number of primary amides is 1. The summed E-state index contributed by atoms with van der Waals surface area (Å²) in [7, 11) is 0. The summed E-state index contributed by atoms with van der Waals surface area (Å²) >= 11 is 3.37. The van der Waals surface area contributed by atoms with Crippen molar-refractivity contribution in [2.75, 3.05) is 0 Å². The lowest BCUT2D eigenvalue weighted by molar-refractivity contribution is 0.0983. The van der Waals surface area contributed by atoms with Crippen LogP contribution in [0.25, 0.3) is 0 Å². The molecule has 0 aromatic heterocycles. The van der Waals surface area contributed by atoms with Crippen LogP contribution in [-0.4, -0.2) is 11.7 Å². The molecule has 0 saturated carbocycles. The molecule has 0 fully saturated rings. The summed E-state index contributed by atoms with van der Waals surface area (Å²) in [6.07, 6.45) is 0. The van der Waals surface area contributed by atoms with Gasteiger partial charge in [-0.25, -0.2) is 0 Å². The maximum absolute atomic E-state index is 12.3. The Balaban J connectivity index is 2.29. The first-order chi connectivity index (χ1) is 9.09. The number of ketones is 1. The molecule has 0 spiro atoms. The van der Waals surface area contributed by atoms with Crippen LogP contribution in [0.2, 0.25) is 0 Å². The van der Waals surface area contributed by atoms with Gasteiger partial charge in [-0.2, -0.15) is 0 Å². The average molecular weight is 318 g/mol. The van der Waals surface area contributed by atoms with Crippen molar-refractivity contribution >= 4 is 27.6 Å². The molecule has 0 radical (unpaired) electrons. The third-order valence-corrected chi connectivity index (χ3v) is 3.70. The molecule has 0 saturated heterocycles. The minimum absolute atomic E-state index is 0.0535. The Morgan fingerprint density at radius 3 is 2.21 bits per heavy atom. The molecule has 2 rings (SSSR count). The number of Topliss-reactive ketones (excluding diaryl/α,β-unsaturated/α-hetero) is 1. The summed E-state index contributed by atoms with van der Waals surface area (Å²) < 4.78 is 0. The molecule has 0 aliphatic carbocycles. The van der Waals surface area contributed by atoms with Crippen molar-refractivity contribution in [3.63, 3.8) is 0 Å². The van der Waals surface area contributed by atoms with Gasteiger partial charge in [0.25, 0.3) is 0 Å². The van der Waals surface area contributed by atoms with Crippen LogP contribution < -0.4 is 5.73 Å². The van der Waals surface area contributed by atoms with Crippen molar-refractivity contribution in [1.29, 1.82) is 0 Å². The lowest BCUT2D eigenvalue weighted by Crippen LogP contribution is -2.12. The molecule has 2 N–H and O–H groups in total. The molecule has 0 aliphatic heterocycles. The molecular weight excluding hydrogens is 306 g/mol. The van der Waals surface area contributed by atoms with Crippen LogP contribution in [-0.2, 0) is 0 Å². The molecule has 1 amide bonds. The smallest absolute Gasteiger partial charge is 0.248 e. The summed E-state index contributed by atoms with van der Waals surface area (Å²) in [6, 6.07) is 15.7. The van der Waals surface area contributed by atoms with Crippen LogP contribution >= 0.6 is 15.9 Å². The van der Waals surface area contributed by atoms with Gasteiger partial charge < -0.3 is 5.73 Å². The topological polar surface area (TPSA) is 60.2 Å². The maximum atomic E-state index is 12.3. The second-order valence-electron chi connectivity index (χ2n) is 4.08. The van der Waals surface area contributed by atoms with Crippen molar-refractivity contribution in [3.8, 4) is 0 Å². The van der Waals surface area contributed by atoms with E-state index in [9.17, 15) is 9.59 Å². The van der Waals surface area contributed by atoms with Crippen molar-refractivity contribution in [2.24, 2.45) is 5.73 Å². The molecule has 0 heterocycles. The van der Waals surface area contributed by atoms with Gasteiger partial charge in [0.1, 0.15) is 4.83 Å². The highest BCUT2D eigenvalue weighted by Gasteiger charge is 2.19. The summed E-state index contributed by atoms with van der Waals surface area (Å²) in [5.41, 5.74) is 6.95. The van der Waals surface area contributed by atoms with Gasteiger partial charge in [-0.3, -0.25) is 9.59 Å². The van der Waals surface area contributed by atoms with Crippen LogP contribution in [0.5, 0.6) is 0 Å². The van der Waals surface area contributed by atoms with E-state index >= 15 is 0 Å². The molecule has 1 unspecified atom stereocenters. The summed E-state index contributed by atoms with van der Waals surface area (Å²) in [5, 5.41) is 0. The summed E-state index contributed by atoms with van der Waals surface area (Å²) in [5.74, 6) is -0.559. The second-order valence-corrected chi connectivity index (χ2v) is 5.00. The van der Waals surface area contributed by atoms with E-state index in [0.717, 1.165) is 0 Å². The third-order valence-electron chi connectivity index (χ3n) is 2.75. The predicted molar refractivity (Wildman–Crippen MR) is 77.4 cm³/mol. The van der Waals surface area contributed by atoms with Gasteiger partial charge in [-0.1, -0.05) is 58.4 Å². The number of halogens is 1. The van der Waals surface area contributed by atoms with E-state index in [1.165, 1.54) is 0 Å². The van der Waals surface area contributed by atoms with E-state index in [1.807, 2.05) is 18.2 Å². The Morgan fingerprint density at radius 2 is 1.58 bits per heavy atom. The fraction of sp³-hybridized carbons (Fsp3) is 0.0667. The van der Waals surface area contributed by atoms with E-state index in [0.29, 0.717) is 16.7 Å². The highest BCUT2D eigenvalue weighted by atomic mass is 79.9. The zero-order chi connectivity index (χ0) is 13.8. The zero-order valence-corrected chi connectivity index (χ0v) is 11.6. The minimum atomic E-state index is -0.506. The van der Waals surface area contributed by atoms with E-state index in [-0.39, 0.29) is 5.78 Å². The first kappa shape index (κ1) is 13.5. The fourth-order valence-corrected chi connectivity index (χ4v) is 2.30. The van der Waals surface area contributed by atoms with Gasteiger partial charge in [-0.15, -0.1) is 0 Å². The first-order valence-electron chi connectivity index (χ1n) is 5.72. The Labute approximate surface area is 119 Å². The lowest BCUT2D eigenvalue weighted by atomic mass is 10.0. The zero-order valence-electron chi connectivity index (χ0n) is 10.0. The van der Waals surface area contributed by atoms with Crippen molar-refractivity contribution in [1.82, 2.24) is 0 Å². The number of carbonyl (C=O) groups is 2. The number of rotatable bonds is 4. The first-order valence-corrected chi connectivity index (χ1v) is 6.64. The quantitative estimate of drug-likeness (QED) is 0.695. The molecule has 96 valence electrons. The number of alkyl halides is 1. The Bertz CT molecular complexity index is 611. The minimum Gasteiger partial charge on any atom is -0.366 e. The largest absolute Gasteiger partial charge is 0.366 e. The van der Waals surface area contributed by atoms with Crippen LogP contribution in [0.4, 0.5) is 0 Å². The number of hydrogen-bond acceptors (Lipinski definition) is 2. The SMILES string of the molecule is NC(=O)c1cccc(C(Br)C(=O)c2ccccc2)c1. The maximum Gasteiger partial charge on any atom is 0.248 e. The number of amides is 1. The molecule has 1 atom stereocenters. The van der Waals surface area contributed by atoms with Gasteiger partial charge in [0.15, 0.2) is 5.78 Å². The number of nitrogens with two attached hydrogens (primary N) is 1. The average Bonchev–Trinajstić information content (AvgIpc) is 2.46. The van der Waals surface area contributed by atoms with Gasteiger partial charge >= 0.3 is 0 Å². The van der Waals surface area contributed by atoms with Gasteiger partial charge in [-0.05, 0) is 17.7 Å². The number of hydrogen-bond donors (Lipinski definition) is 1. The monoisotopic (exact) mass is 317 g/mol. The van der Waals surface area contributed by atoms with Crippen LogP contribution in [0.3, 0.4) is 0 Å². The normalized spacial score (nSPS) is 11.8. The van der Waals surface area contributed by atoms with E-state index in [1.54, 1.807) is 36.4 Å². The van der Waals surface area contributed by atoms with Gasteiger partial charge in [0, 0.05) is 11.1 Å². The Hall–Kier alpha value is -1.94. The van der Waals surface area contributed by atoms with Crippen LogP contribution in [0.15, 0.2) is 54.6 Å². The summed E-state index contributed by atoms with van der Waals surface area (Å²) in [6.45, 7) is 0. The number of benzene rings is 2.